The summed E-state index contributed by atoms with van der Waals surface area (Å²) in [5.74, 6) is 3.24. The fourth-order valence-electron chi connectivity index (χ4n) is 1.13. The zero-order valence-electron chi connectivity index (χ0n) is 6.49. The standard InChI is InChI=1S/C6H11N3O3/c7-8-5(11)6(12)9-2-1-4(10)3-9/h4,10H,1-3,7H2,(H,8,11). The van der Waals surface area contributed by atoms with Gasteiger partial charge in [-0.05, 0) is 6.42 Å². The first-order valence-corrected chi connectivity index (χ1v) is 3.63. The second kappa shape index (κ2) is 3.51. The summed E-state index contributed by atoms with van der Waals surface area (Å²) in [6, 6.07) is 0. The minimum Gasteiger partial charge on any atom is -0.391 e. The van der Waals surface area contributed by atoms with Crippen molar-refractivity contribution in [3.05, 3.63) is 0 Å². The third kappa shape index (κ3) is 1.72. The van der Waals surface area contributed by atoms with E-state index in [1.807, 2.05) is 0 Å². The molecule has 1 aliphatic rings. The Kier molecular flexibility index (Phi) is 2.61. The van der Waals surface area contributed by atoms with Crippen LogP contribution >= 0.6 is 0 Å². The lowest BCUT2D eigenvalue weighted by Gasteiger charge is -2.13. The molecule has 0 aromatic carbocycles. The first kappa shape index (κ1) is 8.95. The number of hydrogen-bond donors (Lipinski definition) is 3. The summed E-state index contributed by atoms with van der Waals surface area (Å²) < 4.78 is 0. The second-order valence-electron chi connectivity index (χ2n) is 2.67. The number of carbonyl (C=O) groups is 2. The lowest BCUT2D eigenvalue weighted by Crippen LogP contribution is -2.44. The van der Waals surface area contributed by atoms with Crippen LogP contribution in [0.25, 0.3) is 0 Å². The predicted octanol–water partition coefficient (Wildman–Crippen LogP) is -2.43. The van der Waals surface area contributed by atoms with E-state index in [9.17, 15) is 9.59 Å². The SMILES string of the molecule is NNC(=O)C(=O)N1CCC(O)C1. The van der Waals surface area contributed by atoms with Gasteiger partial charge in [-0.15, -0.1) is 0 Å². The molecule has 1 unspecified atom stereocenters. The number of nitrogens with two attached hydrogens (primary N) is 1. The van der Waals surface area contributed by atoms with Gasteiger partial charge in [0.25, 0.3) is 0 Å². The van der Waals surface area contributed by atoms with Gasteiger partial charge < -0.3 is 10.0 Å². The second-order valence-corrected chi connectivity index (χ2v) is 2.67. The zero-order chi connectivity index (χ0) is 9.14. The largest absolute Gasteiger partial charge is 0.391 e. The number of rotatable bonds is 0. The van der Waals surface area contributed by atoms with Crippen molar-refractivity contribution in [3.8, 4) is 0 Å². The molecule has 6 heteroatoms. The number of hydrazine groups is 1. The molecule has 0 saturated carbocycles. The molecule has 0 spiro atoms. The van der Waals surface area contributed by atoms with Crippen LogP contribution in [-0.2, 0) is 9.59 Å². The number of hydrogen-bond acceptors (Lipinski definition) is 4. The molecule has 1 fully saturated rings. The van der Waals surface area contributed by atoms with Gasteiger partial charge in [-0.25, -0.2) is 5.84 Å². The summed E-state index contributed by atoms with van der Waals surface area (Å²) in [4.78, 5) is 23.0. The van der Waals surface area contributed by atoms with Crippen LogP contribution in [-0.4, -0.2) is 41.0 Å². The number of β-amino-alcohol motifs (C(OH)–C–C–N with tert-alkyl or cyclic N) is 1. The third-order valence-corrected chi connectivity index (χ3v) is 1.78. The molecule has 2 amide bonds. The van der Waals surface area contributed by atoms with E-state index >= 15 is 0 Å². The fourth-order valence-corrected chi connectivity index (χ4v) is 1.13. The molecule has 0 aromatic heterocycles. The van der Waals surface area contributed by atoms with Crippen molar-refractivity contribution in [2.24, 2.45) is 5.84 Å². The quantitative estimate of drug-likeness (QED) is 0.164. The Morgan fingerprint density at radius 2 is 2.25 bits per heavy atom. The Morgan fingerprint density at radius 1 is 1.58 bits per heavy atom. The highest BCUT2D eigenvalue weighted by Gasteiger charge is 2.28. The molecule has 1 aliphatic heterocycles. The maximum atomic E-state index is 11.0. The number of nitrogens with zero attached hydrogens (tertiary/aromatic N) is 1. The maximum absolute atomic E-state index is 11.0. The summed E-state index contributed by atoms with van der Waals surface area (Å²) in [6.45, 7) is 0.625. The van der Waals surface area contributed by atoms with E-state index in [4.69, 9.17) is 10.9 Å². The number of likely N-dealkylation sites (tertiary alicyclic amines) is 1. The summed E-state index contributed by atoms with van der Waals surface area (Å²) in [6.07, 6.45) is 0.00312. The molecule has 4 N–H and O–H groups in total. The topological polar surface area (TPSA) is 95.7 Å². The number of aliphatic hydroxyl groups excluding tert-OH is 1. The van der Waals surface area contributed by atoms with Crippen molar-refractivity contribution in [2.75, 3.05) is 13.1 Å². The average molecular weight is 173 g/mol. The first-order valence-electron chi connectivity index (χ1n) is 3.63. The van der Waals surface area contributed by atoms with Crippen LogP contribution in [0.5, 0.6) is 0 Å². The van der Waals surface area contributed by atoms with Gasteiger partial charge in [0.2, 0.25) is 0 Å². The third-order valence-electron chi connectivity index (χ3n) is 1.78. The van der Waals surface area contributed by atoms with Gasteiger partial charge in [0, 0.05) is 13.1 Å². The van der Waals surface area contributed by atoms with Crippen molar-refractivity contribution < 1.29 is 14.7 Å². The lowest BCUT2D eigenvalue weighted by molar-refractivity contribution is -0.145. The van der Waals surface area contributed by atoms with Crippen molar-refractivity contribution in [2.45, 2.75) is 12.5 Å². The highest BCUT2D eigenvalue weighted by Crippen LogP contribution is 2.08. The molecule has 6 nitrogen and oxygen atoms in total. The smallest absolute Gasteiger partial charge is 0.323 e. The summed E-state index contributed by atoms with van der Waals surface area (Å²) in [5, 5.41) is 9.05. The highest BCUT2D eigenvalue weighted by molar-refractivity contribution is 6.34. The van der Waals surface area contributed by atoms with Crippen molar-refractivity contribution in [1.82, 2.24) is 10.3 Å². The maximum Gasteiger partial charge on any atom is 0.323 e. The van der Waals surface area contributed by atoms with Crippen LogP contribution in [0.3, 0.4) is 0 Å². The molecule has 0 aliphatic carbocycles. The number of amides is 2. The monoisotopic (exact) mass is 173 g/mol. The predicted molar refractivity (Wildman–Crippen MR) is 39.5 cm³/mol. The van der Waals surface area contributed by atoms with Crippen LogP contribution in [0.4, 0.5) is 0 Å². The lowest BCUT2D eigenvalue weighted by atomic mass is 10.3. The van der Waals surface area contributed by atoms with Gasteiger partial charge in [-0.1, -0.05) is 0 Å². The molecule has 0 aromatic rings. The first-order chi connectivity index (χ1) is 5.65. The van der Waals surface area contributed by atoms with Crippen LogP contribution in [0.15, 0.2) is 0 Å². The van der Waals surface area contributed by atoms with Crippen molar-refractivity contribution in [1.29, 1.82) is 0 Å². The fraction of sp³-hybridized carbons (Fsp3) is 0.667. The van der Waals surface area contributed by atoms with E-state index in [1.54, 1.807) is 5.43 Å². The van der Waals surface area contributed by atoms with Crippen LogP contribution in [0, 0.1) is 0 Å². The zero-order valence-corrected chi connectivity index (χ0v) is 6.49. The molecular weight excluding hydrogens is 162 g/mol. The van der Waals surface area contributed by atoms with Gasteiger partial charge in [-0.2, -0.15) is 0 Å². The van der Waals surface area contributed by atoms with Gasteiger partial charge in [-0.3, -0.25) is 15.0 Å². The summed E-state index contributed by atoms with van der Waals surface area (Å²) in [7, 11) is 0. The molecule has 1 heterocycles. The van der Waals surface area contributed by atoms with E-state index in [0.717, 1.165) is 0 Å². The van der Waals surface area contributed by atoms with E-state index in [0.29, 0.717) is 13.0 Å². The van der Waals surface area contributed by atoms with Gasteiger partial charge in [0.1, 0.15) is 0 Å². The van der Waals surface area contributed by atoms with E-state index in [2.05, 4.69) is 0 Å². The molecule has 1 rings (SSSR count). The average Bonchev–Trinajstić information content (AvgIpc) is 2.49. The van der Waals surface area contributed by atoms with E-state index < -0.39 is 17.9 Å². The van der Waals surface area contributed by atoms with Crippen LogP contribution < -0.4 is 11.3 Å². The number of carbonyl (C=O) groups excluding carboxylic acids is 2. The summed E-state index contributed by atoms with van der Waals surface area (Å²) in [5.41, 5.74) is 1.74. The van der Waals surface area contributed by atoms with Crippen molar-refractivity contribution >= 4 is 11.8 Å². The number of aliphatic hydroxyl groups is 1. The normalized spacial score (nSPS) is 22.5. The Morgan fingerprint density at radius 3 is 2.67 bits per heavy atom. The Labute approximate surface area is 69.3 Å². The molecule has 1 saturated heterocycles. The highest BCUT2D eigenvalue weighted by atomic mass is 16.3. The number of nitrogens with one attached hydrogen (secondary N) is 1. The molecule has 68 valence electrons. The van der Waals surface area contributed by atoms with Gasteiger partial charge >= 0.3 is 11.8 Å². The molecule has 1 atom stereocenters. The van der Waals surface area contributed by atoms with Crippen molar-refractivity contribution in [3.63, 3.8) is 0 Å². The minimum atomic E-state index is -0.843. The van der Waals surface area contributed by atoms with Crippen LogP contribution in [0.1, 0.15) is 6.42 Å². The molecule has 0 bridgehead atoms. The molecule has 0 radical (unpaired) electrons. The molecular formula is C6H11N3O3. The van der Waals surface area contributed by atoms with Gasteiger partial charge in [0.05, 0.1) is 6.10 Å². The van der Waals surface area contributed by atoms with E-state index in [1.165, 1.54) is 4.90 Å². The van der Waals surface area contributed by atoms with Crippen LogP contribution in [0.2, 0.25) is 0 Å². The summed E-state index contributed by atoms with van der Waals surface area (Å²) >= 11 is 0. The Balaban J connectivity index is 2.48. The Bertz CT molecular complexity index is 206. The molecule has 12 heavy (non-hydrogen) atoms. The van der Waals surface area contributed by atoms with E-state index in [-0.39, 0.29) is 6.54 Å². The minimum absolute atomic E-state index is 0.215. The Hall–Kier alpha value is -1.14. The van der Waals surface area contributed by atoms with Gasteiger partial charge in [0.15, 0.2) is 0 Å².